The number of sulfone groups is 1. The van der Waals surface area contributed by atoms with Crippen LogP contribution >= 0.6 is 15.9 Å². The third kappa shape index (κ3) is 2.27. The van der Waals surface area contributed by atoms with Crippen LogP contribution in [0.2, 0.25) is 0 Å². The van der Waals surface area contributed by atoms with Gasteiger partial charge in [0.05, 0.1) is 9.22 Å². The van der Waals surface area contributed by atoms with Crippen molar-refractivity contribution in [2.24, 2.45) is 0 Å². The highest BCUT2D eigenvalue weighted by Crippen LogP contribution is 2.29. The molecule has 0 saturated carbocycles. The summed E-state index contributed by atoms with van der Waals surface area (Å²) in [6.07, 6.45) is 0. The average Bonchev–Trinajstić information content (AvgIpc) is 2.09. The molecule has 0 aliphatic heterocycles. The smallest absolute Gasteiger partial charge is 0.186 e. The molecule has 0 amide bonds. The van der Waals surface area contributed by atoms with Crippen LogP contribution in [0.5, 0.6) is 0 Å². The van der Waals surface area contributed by atoms with Gasteiger partial charge in [-0.2, -0.15) is 0 Å². The van der Waals surface area contributed by atoms with E-state index in [4.69, 9.17) is 0 Å². The molecule has 6 heteroatoms. The predicted octanol–water partition coefficient (Wildman–Crippen LogP) is 3.30. The normalized spacial score (nSPS) is 12.9. The largest absolute Gasteiger partial charge is 0.223 e. The average molecular weight is 313 g/mol. The molecule has 0 aliphatic carbocycles. The third-order valence-corrected chi connectivity index (χ3v) is 5.18. The summed E-state index contributed by atoms with van der Waals surface area (Å²) in [6, 6.07) is 1.51. The highest BCUT2D eigenvalue weighted by atomic mass is 79.9. The molecule has 2 nitrogen and oxygen atoms in total. The number of hydrogen-bond donors (Lipinski definition) is 0. The van der Waals surface area contributed by atoms with E-state index in [0.29, 0.717) is 6.07 Å². The molecule has 0 unspecified atom stereocenters. The lowest BCUT2D eigenvalue weighted by atomic mass is 10.3. The highest BCUT2D eigenvalue weighted by molar-refractivity contribution is 9.10. The Bertz CT molecular complexity index is 518. The summed E-state index contributed by atoms with van der Waals surface area (Å²) in [5, 5.41) is 0. The second-order valence-electron chi connectivity index (χ2n) is 4.31. The van der Waals surface area contributed by atoms with Crippen molar-refractivity contribution in [1.29, 1.82) is 0 Å². The molecule has 0 atom stereocenters. The van der Waals surface area contributed by atoms with Crippen LogP contribution in [0, 0.1) is 11.6 Å². The van der Waals surface area contributed by atoms with Gasteiger partial charge in [-0.1, -0.05) is 0 Å². The Morgan fingerprint density at radius 3 is 2.06 bits per heavy atom. The van der Waals surface area contributed by atoms with Crippen LogP contribution in [0.1, 0.15) is 20.8 Å². The second kappa shape index (κ2) is 4.07. The van der Waals surface area contributed by atoms with Crippen LogP contribution in [0.4, 0.5) is 8.78 Å². The van der Waals surface area contributed by atoms with Gasteiger partial charge in [-0.05, 0) is 48.8 Å². The SMILES string of the molecule is CC(C)(C)S(=O)(=O)c1cc(F)c(Br)cc1F. The van der Waals surface area contributed by atoms with Crippen LogP contribution in [-0.4, -0.2) is 13.2 Å². The standard InChI is InChI=1S/C10H11BrF2O2S/c1-10(2,3)16(14,15)9-5-7(12)6(11)4-8(9)13/h4-5H,1-3H3. The molecule has 0 fully saturated rings. The zero-order valence-corrected chi connectivity index (χ0v) is 11.4. The molecule has 1 aromatic carbocycles. The maximum atomic E-state index is 13.5. The zero-order valence-electron chi connectivity index (χ0n) is 9.01. The van der Waals surface area contributed by atoms with Crippen molar-refractivity contribution in [3.05, 3.63) is 28.2 Å². The third-order valence-electron chi connectivity index (χ3n) is 2.07. The number of hydrogen-bond acceptors (Lipinski definition) is 2. The summed E-state index contributed by atoms with van der Waals surface area (Å²) in [5.74, 6) is -1.76. The van der Waals surface area contributed by atoms with E-state index in [9.17, 15) is 17.2 Å². The monoisotopic (exact) mass is 312 g/mol. The molecule has 16 heavy (non-hydrogen) atoms. The van der Waals surface area contributed by atoms with Gasteiger partial charge < -0.3 is 0 Å². The summed E-state index contributed by atoms with van der Waals surface area (Å²) < 4.78 is 49.2. The van der Waals surface area contributed by atoms with Gasteiger partial charge in [-0.3, -0.25) is 0 Å². The molecular weight excluding hydrogens is 302 g/mol. The van der Waals surface area contributed by atoms with E-state index in [1.165, 1.54) is 20.8 Å². The first kappa shape index (κ1) is 13.6. The quantitative estimate of drug-likeness (QED) is 0.746. The lowest BCUT2D eigenvalue weighted by Crippen LogP contribution is -2.28. The maximum Gasteiger partial charge on any atom is 0.186 e. The minimum atomic E-state index is -3.88. The van der Waals surface area contributed by atoms with Crippen LogP contribution in [0.15, 0.2) is 21.5 Å². The van der Waals surface area contributed by atoms with Crippen LogP contribution in [-0.2, 0) is 9.84 Å². The molecule has 0 heterocycles. The predicted molar refractivity (Wildman–Crippen MR) is 61.0 cm³/mol. The van der Waals surface area contributed by atoms with Crippen molar-refractivity contribution in [3.63, 3.8) is 0 Å². The van der Waals surface area contributed by atoms with Crippen molar-refractivity contribution in [2.75, 3.05) is 0 Å². The van der Waals surface area contributed by atoms with Crippen LogP contribution in [0.3, 0.4) is 0 Å². The Hall–Kier alpha value is -0.490. The first-order chi connectivity index (χ1) is 7.07. The van der Waals surface area contributed by atoms with Gasteiger partial charge >= 0.3 is 0 Å². The fourth-order valence-electron chi connectivity index (χ4n) is 1.04. The molecule has 90 valence electrons. The van der Waals surface area contributed by atoms with E-state index in [1.807, 2.05) is 0 Å². The topological polar surface area (TPSA) is 34.1 Å². The van der Waals surface area contributed by atoms with Gasteiger partial charge in [0.2, 0.25) is 0 Å². The van der Waals surface area contributed by atoms with E-state index in [1.54, 1.807) is 0 Å². The Morgan fingerprint density at radius 1 is 1.12 bits per heavy atom. The molecule has 0 bridgehead atoms. The Balaban J connectivity index is 3.53. The summed E-state index contributed by atoms with van der Waals surface area (Å²) in [6.45, 7) is 4.30. The molecule has 0 saturated heterocycles. The lowest BCUT2D eigenvalue weighted by Gasteiger charge is -2.19. The maximum absolute atomic E-state index is 13.5. The minimum Gasteiger partial charge on any atom is -0.223 e. The fourth-order valence-corrected chi connectivity index (χ4v) is 2.59. The van der Waals surface area contributed by atoms with Gasteiger partial charge in [0.1, 0.15) is 16.5 Å². The van der Waals surface area contributed by atoms with Crippen LogP contribution in [0.25, 0.3) is 0 Å². The second-order valence-corrected chi connectivity index (χ2v) is 7.84. The van der Waals surface area contributed by atoms with E-state index in [-0.39, 0.29) is 4.47 Å². The van der Waals surface area contributed by atoms with Gasteiger partial charge in [0.25, 0.3) is 0 Å². The van der Waals surface area contributed by atoms with Crippen molar-refractivity contribution >= 4 is 25.8 Å². The summed E-state index contributed by atoms with van der Waals surface area (Å²) in [4.78, 5) is -0.610. The Labute approximate surface area is 102 Å². The molecule has 0 aliphatic rings. The molecule has 0 aromatic heterocycles. The van der Waals surface area contributed by atoms with Crippen molar-refractivity contribution in [1.82, 2.24) is 0 Å². The molecule has 0 spiro atoms. The van der Waals surface area contributed by atoms with E-state index < -0.39 is 31.1 Å². The summed E-state index contributed by atoms with van der Waals surface area (Å²) in [7, 11) is -3.88. The molecule has 1 rings (SSSR count). The first-order valence-electron chi connectivity index (χ1n) is 4.46. The van der Waals surface area contributed by atoms with Gasteiger partial charge in [-0.15, -0.1) is 0 Å². The first-order valence-corrected chi connectivity index (χ1v) is 6.74. The number of halogens is 3. The van der Waals surface area contributed by atoms with Crippen molar-refractivity contribution < 1.29 is 17.2 Å². The van der Waals surface area contributed by atoms with Gasteiger partial charge in [0.15, 0.2) is 9.84 Å². The number of rotatable bonds is 1. The zero-order chi connectivity index (χ0) is 12.7. The van der Waals surface area contributed by atoms with E-state index in [2.05, 4.69) is 15.9 Å². The molecular formula is C10H11BrF2O2S. The van der Waals surface area contributed by atoms with Gasteiger partial charge in [0, 0.05) is 0 Å². The Morgan fingerprint density at radius 2 is 1.62 bits per heavy atom. The highest BCUT2D eigenvalue weighted by Gasteiger charge is 2.33. The molecule has 0 N–H and O–H groups in total. The Kier molecular flexibility index (Phi) is 3.45. The number of benzene rings is 1. The van der Waals surface area contributed by atoms with Crippen LogP contribution < -0.4 is 0 Å². The van der Waals surface area contributed by atoms with Crippen molar-refractivity contribution in [2.45, 2.75) is 30.4 Å². The summed E-state index contributed by atoms with van der Waals surface area (Å²) >= 11 is 2.79. The minimum absolute atomic E-state index is 0.0992. The molecule has 0 radical (unpaired) electrons. The van der Waals surface area contributed by atoms with E-state index in [0.717, 1.165) is 6.07 Å². The van der Waals surface area contributed by atoms with Gasteiger partial charge in [-0.25, -0.2) is 17.2 Å². The summed E-state index contributed by atoms with van der Waals surface area (Å²) in [5.41, 5.74) is 0. The molecule has 1 aromatic rings. The van der Waals surface area contributed by atoms with Crippen molar-refractivity contribution in [3.8, 4) is 0 Å². The fraction of sp³-hybridized carbons (Fsp3) is 0.400. The lowest BCUT2D eigenvalue weighted by molar-refractivity contribution is 0.531. The van der Waals surface area contributed by atoms with E-state index >= 15 is 0 Å².